The van der Waals surface area contributed by atoms with Gasteiger partial charge in [0, 0.05) is 6.54 Å². The number of benzene rings is 1. The Morgan fingerprint density at radius 1 is 1.37 bits per heavy atom. The number of anilines is 1. The molecule has 0 radical (unpaired) electrons. The van der Waals surface area contributed by atoms with Gasteiger partial charge in [0.15, 0.2) is 0 Å². The molecule has 1 unspecified atom stereocenters. The van der Waals surface area contributed by atoms with Crippen molar-refractivity contribution >= 4 is 34.8 Å². The van der Waals surface area contributed by atoms with Crippen LogP contribution in [0.3, 0.4) is 0 Å². The van der Waals surface area contributed by atoms with Gasteiger partial charge in [-0.3, -0.25) is 4.79 Å². The zero-order valence-electron chi connectivity index (χ0n) is 11.5. The molecule has 0 aromatic heterocycles. The summed E-state index contributed by atoms with van der Waals surface area (Å²) in [7, 11) is 0. The molecule has 5 heteroatoms. The number of halogens is 2. The first kappa shape index (κ1) is 16.3. The zero-order valence-corrected chi connectivity index (χ0v) is 13.0. The Balaban J connectivity index is 2.90. The molecule has 0 aliphatic heterocycles. The lowest BCUT2D eigenvalue weighted by Gasteiger charge is -2.18. The van der Waals surface area contributed by atoms with Crippen LogP contribution in [0.4, 0.5) is 5.69 Å². The molecule has 3 nitrogen and oxygen atoms in total. The van der Waals surface area contributed by atoms with E-state index in [2.05, 4.69) is 19.2 Å². The Kier molecular flexibility index (Phi) is 6.11. The van der Waals surface area contributed by atoms with Crippen molar-refractivity contribution in [3.8, 4) is 0 Å². The van der Waals surface area contributed by atoms with Crippen molar-refractivity contribution in [2.24, 2.45) is 17.6 Å². The van der Waals surface area contributed by atoms with Crippen molar-refractivity contribution in [1.82, 2.24) is 0 Å². The van der Waals surface area contributed by atoms with Crippen LogP contribution in [-0.4, -0.2) is 12.5 Å². The number of nitrogens with one attached hydrogen (secondary N) is 1. The van der Waals surface area contributed by atoms with Crippen molar-refractivity contribution < 1.29 is 4.79 Å². The second-order valence-corrected chi connectivity index (χ2v) is 5.89. The quantitative estimate of drug-likeness (QED) is 0.867. The van der Waals surface area contributed by atoms with E-state index in [9.17, 15) is 4.79 Å². The van der Waals surface area contributed by atoms with Crippen LogP contribution in [-0.2, 0) is 4.79 Å². The molecule has 1 amide bonds. The van der Waals surface area contributed by atoms with Crippen molar-refractivity contribution in [3.63, 3.8) is 0 Å². The summed E-state index contributed by atoms with van der Waals surface area (Å²) in [5.74, 6) is 0.0426. The predicted molar refractivity (Wildman–Crippen MR) is 81.8 cm³/mol. The predicted octanol–water partition coefficient (Wildman–Crippen LogP) is 3.86. The third-order valence-corrected chi connectivity index (χ3v) is 3.75. The van der Waals surface area contributed by atoms with Crippen molar-refractivity contribution in [3.05, 3.63) is 27.7 Å². The molecule has 0 heterocycles. The van der Waals surface area contributed by atoms with Gasteiger partial charge >= 0.3 is 0 Å². The van der Waals surface area contributed by atoms with Gasteiger partial charge in [-0.2, -0.15) is 0 Å². The number of carbonyl (C=O) groups is 1. The number of nitrogens with two attached hydrogens (primary N) is 1. The van der Waals surface area contributed by atoms with E-state index in [0.29, 0.717) is 28.2 Å². The minimum Gasteiger partial charge on any atom is -0.330 e. The molecule has 0 bridgehead atoms. The largest absolute Gasteiger partial charge is 0.330 e. The molecule has 1 rings (SSSR count). The molecule has 19 heavy (non-hydrogen) atoms. The Hall–Kier alpha value is -0.770. The monoisotopic (exact) mass is 302 g/mol. The molecule has 0 saturated heterocycles. The Bertz CT molecular complexity index is 461. The number of amides is 1. The standard InChI is InChI=1S/C14H20Cl2N2O/c1-8(2)6-10(7-17)14(19)18-13-11(15)5-4-9(3)12(13)16/h4-5,8,10H,6-7,17H2,1-3H3,(H,18,19). The van der Waals surface area contributed by atoms with Crippen LogP contribution < -0.4 is 11.1 Å². The topological polar surface area (TPSA) is 55.1 Å². The lowest BCUT2D eigenvalue weighted by atomic mass is 9.96. The molecule has 3 N–H and O–H groups in total. The fourth-order valence-electron chi connectivity index (χ4n) is 1.88. The van der Waals surface area contributed by atoms with E-state index >= 15 is 0 Å². The number of hydrogen-bond acceptors (Lipinski definition) is 2. The highest BCUT2D eigenvalue weighted by atomic mass is 35.5. The lowest BCUT2D eigenvalue weighted by molar-refractivity contribution is -0.120. The Labute approximate surface area is 124 Å². The van der Waals surface area contributed by atoms with Gasteiger partial charge in [-0.05, 0) is 30.9 Å². The summed E-state index contributed by atoms with van der Waals surface area (Å²) in [6.45, 7) is 6.29. The molecule has 0 saturated carbocycles. The first-order valence-corrected chi connectivity index (χ1v) is 7.08. The summed E-state index contributed by atoms with van der Waals surface area (Å²) in [6, 6.07) is 3.53. The molecule has 1 aromatic rings. The molecular weight excluding hydrogens is 283 g/mol. The third kappa shape index (κ3) is 4.37. The summed E-state index contributed by atoms with van der Waals surface area (Å²) < 4.78 is 0. The van der Waals surface area contributed by atoms with Crippen LogP contribution >= 0.6 is 23.2 Å². The van der Waals surface area contributed by atoms with Crippen molar-refractivity contribution in [2.75, 3.05) is 11.9 Å². The average Bonchev–Trinajstić information content (AvgIpc) is 2.35. The SMILES string of the molecule is Cc1ccc(Cl)c(NC(=O)C(CN)CC(C)C)c1Cl. The first-order valence-electron chi connectivity index (χ1n) is 6.32. The number of aryl methyl sites for hydroxylation is 1. The molecule has 0 fully saturated rings. The van der Waals surface area contributed by atoms with Crippen LogP contribution in [0.25, 0.3) is 0 Å². The Morgan fingerprint density at radius 2 is 2.00 bits per heavy atom. The molecule has 1 aromatic carbocycles. The minimum atomic E-state index is -0.229. The third-order valence-electron chi connectivity index (χ3n) is 2.94. The molecular formula is C14H20Cl2N2O. The maximum Gasteiger partial charge on any atom is 0.228 e. The van der Waals surface area contributed by atoms with Crippen LogP contribution in [0.5, 0.6) is 0 Å². The number of carbonyl (C=O) groups excluding carboxylic acids is 1. The molecule has 0 spiro atoms. The van der Waals surface area contributed by atoms with E-state index in [-0.39, 0.29) is 11.8 Å². The van der Waals surface area contributed by atoms with Crippen LogP contribution in [0, 0.1) is 18.8 Å². The molecule has 0 aliphatic carbocycles. The van der Waals surface area contributed by atoms with Gasteiger partial charge < -0.3 is 11.1 Å². The minimum absolute atomic E-state index is 0.134. The molecule has 1 atom stereocenters. The van der Waals surface area contributed by atoms with E-state index in [1.807, 2.05) is 13.0 Å². The highest BCUT2D eigenvalue weighted by Crippen LogP contribution is 2.33. The van der Waals surface area contributed by atoms with Crippen molar-refractivity contribution in [2.45, 2.75) is 27.2 Å². The lowest BCUT2D eigenvalue weighted by Crippen LogP contribution is -2.30. The van der Waals surface area contributed by atoms with Crippen molar-refractivity contribution in [1.29, 1.82) is 0 Å². The van der Waals surface area contributed by atoms with Crippen LogP contribution in [0.2, 0.25) is 10.0 Å². The number of rotatable bonds is 5. The fraction of sp³-hybridized carbons (Fsp3) is 0.500. The first-order chi connectivity index (χ1) is 8.86. The second kappa shape index (κ2) is 7.13. The van der Waals surface area contributed by atoms with E-state index in [1.54, 1.807) is 6.07 Å². The number of hydrogen-bond donors (Lipinski definition) is 2. The van der Waals surface area contributed by atoms with Gasteiger partial charge in [-0.15, -0.1) is 0 Å². The van der Waals surface area contributed by atoms with Gasteiger partial charge in [-0.25, -0.2) is 0 Å². The van der Waals surface area contributed by atoms with Gasteiger partial charge in [-0.1, -0.05) is 43.1 Å². The summed E-state index contributed by atoms with van der Waals surface area (Å²) in [5, 5.41) is 3.70. The highest BCUT2D eigenvalue weighted by Gasteiger charge is 2.20. The van der Waals surface area contributed by atoms with Crippen LogP contribution in [0.15, 0.2) is 12.1 Å². The summed E-state index contributed by atoms with van der Waals surface area (Å²) in [5.41, 5.74) is 6.99. The molecule has 0 aliphatic rings. The maximum atomic E-state index is 12.2. The zero-order chi connectivity index (χ0) is 14.6. The van der Waals surface area contributed by atoms with E-state index in [4.69, 9.17) is 28.9 Å². The smallest absolute Gasteiger partial charge is 0.228 e. The molecule has 106 valence electrons. The van der Waals surface area contributed by atoms with E-state index in [0.717, 1.165) is 12.0 Å². The van der Waals surface area contributed by atoms with Gasteiger partial charge in [0.05, 0.1) is 21.7 Å². The highest BCUT2D eigenvalue weighted by molar-refractivity contribution is 6.40. The van der Waals surface area contributed by atoms with Crippen LogP contribution in [0.1, 0.15) is 25.8 Å². The normalized spacial score (nSPS) is 12.6. The summed E-state index contributed by atoms with van der Waals surface area (Å²) in [4.78, 5) is 12.2. The summed E-state index contributed by atoms with van der Waals surface area (Å²) >= 11 is 12.2. The second-order valence-electron chi connectivity index (χ2n) is 5.10. The van der Waals surface area contributed by atoms with Gasteiger partial charge in [0.1, 0.15) is 0 Å². The maximum absolute atomic E-state index is 12.2. The average molecular weight is 303 g/mol. The van der Waals surface area contributed by atoms with E-state index in [1.165, 1.54) is 0 Å². The van der Waals surface area contributed by atoms with E-state index < -0.39 is 0 Å². The van der Waals surface area contributed by atoms with Gasteiger partial charge in [0.2, 0.25) is 5.91 Å². The van der Waals surface area contributed by atoms with Gasteiger partial charge in [0.25, 0.3) is 0 Å². The fourth-order valence-corrected chi connectivity index (χ4v) is 2.34. The Morgan fingerprint density at radius 3 is 2.53 bits per heavy atom. The summed E-state index contributed by atoms with van der Waals surface area (Å²) in [6.07, 6.45) is 0.739.